The van der Waals surface area contributed by atoms with Gasteiger partial charge in [0.25, 0.3) is 0 Å². The largest absolute Gasteiger partial charge is 0.381 e. The van der Waals surface area contributed by atoms with Crippen LogP contribution < -0.4 is 5.32 Å². The molecule has 6 heteroatoms. The molecule has 1 aliphatic rings. The summed E-state index contributed by atoms with van der Waals surface area (Å²) >= 11 is 6.53. The monoisotopic (exact) mass is 272 g/mol. The highest BCUT2D eigenvalue weighted by Crippen LogP contribution is 2.15. The maximum atomic E-state index is 11.8. The summed E-state index contributed by atoms with van der Waals surface area (Å²) in [6.07, 6.45) is 2.24. The van der Waals surface area contributed by atoms with Crippen LogP contribution in [0.15, 0.2) is 0 Å². The van der Waals surface area contributed by atoms with Crippen LogP contribution in [0.2, 0.25) is 0 Å². The lowest BCUT2D eigenvalue weighted by molar-refractivity contribution is -0.121. The van der Waals surface area contributed by atoms with Crippen molar-refractivity contribution >= 4 is 29.5 Å². The molecule has 0 aliphatic carbocycles. The van der Waals surface area contributed by atoms with Crippen LogP contribution in [-0.4, -0.2) is 30.1 Å². The standard InChI is InChI=1S/C11H16N2O2S2/c1-7-9(17-11(16)12-7)6-10(14)13-8-2-4-15-5-3-8/h8H,2-6H2,1H3,(H,12,16)(H,13,14). The van der Waals surface area contributed by atoms with E-state index in [4.69, 9.17) is 17.0 Å². The molecule has 1 saturated heterocycles. The first-order chi connectivity index (χ1) is 8.15. The van der Waals surface area contributed by atoms with Crippen molar-refractivity contribution in [2.75, 3.05) is 13.2 Å². The normalized spacial score (nSPS) is 17.0. The SMILES string of the molecule is Cc1[nH]c(=S)sc1CC(=O)NC1CCOCC1. The minimum atomic E-state index is 0.0743. The Balaban J connectivity index is 1.88. The fourth-order valence-corrected chi connectivity index (χ4v) is 3.16. The number of aromatic nitrogens is 1. The van der Waals surface area contributed by atoms with Crippen molar-refractivity contribution in [3.63, 3.8) is 0 Å². The van der Waals surface area contributed by atoms with Gasteiger partial charge in [0.1, 0.15) is 0 Å². The fourth-order valence-electron chi connectivity index (χ4n) is 1.87. The van der Waals surface area contributed by atoms with Crippen molar-refractivity contribution in [1.29, 1.82) is 0 Å². The van der Waals surface area contributed by atoms with Crippen molar-refractivity contribution in [1.82, 2.24) is 10.3 Å². The molecule has 1 fully saturated rings. The number of carbonyl (C=O) groups excluding carboxylic acids is 1. The summed E-state index contributed by atoms with van der Waals surface area (Å²) in [6.45, 7) is 3.43. The lowest BCUT2D eigenvalue weighted by atomic mass is 10.1. The molecule has 0 saturated carbocycles. The molecule has 1 amide bonds. The summed E-state index contributed by atoms with van der Waals surface area (Å²) < 4.78 is 5.99. The molecule has 0 unspecified atom stereocenters. The maximum absolute atomic E-state index is 11.8. The Morgan fingerprint density at radius 3 is 2.88 bits per heavy atom. The Kier molecular flexibility index (Phi) is 4.31. The van der Waals surface area contributed by atoms with Gasteiger partial charge in [-0.15, -0.1) is 11.3 Å². The minimum absolute atomic E-state index is 0.0743. The average Bonchev–Trinajstić information content (AvgIpc) is 2.58. The number of ether oxygens (including phenoxy) is 1. The first-order valence-corrected chi connectivity index (χ1v) is 6.93. The van der Waals surface area contributed by atoms with Crippen LogP contribution in [0.1, 0.15) is 23.4 Å². The van der Waals surface area contributed by atoms with Crippen LogP contribution in [0.3, 0.4) is 0 Å². The van der Waals surface area contributed by atoms with Crippen molar-refractivity contribution in [2.45, 2.75) is 32.2 Å². The summed E-state index contributed by atoms with van der Waals surface area (Å²) in [7, 11) is 0. The van der Waals surface area contributed by atoms with Gasteiger partial charge in [-0.1, -0.05) is 0 Å². The van der Waals surface area contributed by atoms with Crippen LogP contribution in [0, 0.1) is 10.9 Å². The zero-order valence-corrected chi connectivity index (χ0v) is 11.4. The molecule has 2 N–H and O–H groups in total. The first kappa shape index (κ1) is 12.7. The molecule has 1 aromatic heterocycles. The van der Waals surface area contributed by atoms with Gasteiger partial charge in [-0.25, -0.2) is 0 Å². The number of H-pyrrole nitrogens is 1. The third kappa shape index (κ3) is 3.62. The van der Waals surface area contributed by atoms with Crippen molar-refractivity contribution < 1.29 is 9.53 Å². The summed E-state index contributed by atoms with van der Waals surface area (Å²) in [6, 6.07) is 0.267. The molecule has 0 atom stereocenters. The maximum Gasteiger partial charge on any atom is 0.225 e. The Bertz CT molecular complexity index is 447. The molecule has 94 valence electrons. The molecular weight excluding hydrogens is 256 g/mol. The Hall–Kier alpha value is -0.720. The highest BCUT2D eigenvalue weighted by atomic mass is 32.1. The lowest BCUT2D eigenvalue weighted by Gasteiger charge is -2.23. The highest BCUT2D eigenvalue weighted by molar-refractivity contribution is 7.73. The van der Waals surface area contributed by atoms with E-state index in [1.54, 1.807) is 0 Å². The highest BCUT2D eigenvalue weighted by Gasteiger charge is 2.17. The molecule has 2 heterocycles. The van der Waals surface area contributed by atoms with Gasteiger partial charge >= 0.3 is 0 Å². The van der Waals surface area contributed by atoms with E-state index in [0.717, 1.165) is 40.6 Å². The molecule has 2 rings (SSSR count). The second kappa shape index (κ2) is 5.75. The summed E-state index contributed by atoms with van der Waals surface area (Å²) in [4.78, 5) is 15.9. The van der Waals surface area contributed by atoms with Gasteiger partial charge in [-0.05, 0) is 32.0 Å². The summed E-state index contributed by atoms with van der Waals surface area (Å²) in [5.74, 6) is 0.0743. The van der Waals surface area contributed by atoms with Gasteiger partial charge in [0.2, 0.25) is 5.91 Å². The van der Waals surface area contributed by atoms with E-state index in [-0.39, 0.29) is 11.9 Å². The number of carbonyl (C=O) groups is 1. The third-order valence-electron chi connectivity index (χ3n) is 2.83. The number of nitrogens with one attached hydrogen (secondary N) is 2. The van der Waals surface area contributed by atoms with E-state index in [1.807, 2.05) is 6.92 Å². The number of rotatable bonds is 3. The summed E-state index contributed by atoms with van der Waals surface area (Å²) in [5.41, 5.74) is 1.00. The third-order valence-corrected chi connectivity index (χ3v) is 4.17. The predicted molar refractivity (Wildman–Crippen MR) is 69.9 cm³/mol. The van der Waals surface area contributed by atoms with Gasteiger partial charge < -0.3 is 15.0 Å². The second-order valence-electron chi connectivity index (χ2n) is 4.19. The van der Waals surface area contributed by atoms with E-state index >= 15 is 0 Å². The average molecular weight is 272 g/mol. The fraction of sp³-hybridized carbons (Fsp3) is 0.636. The van der Waals surface area contributed by atoms with Crippen LogP contribution in [0.4, 0.5) is 0 Å². The van der Waals surface area contributed by atoms with E-state index in [9.17, 15) is 4.79 Å². The van der Waals surface area contributed by atoms with Gasteiger partial charge in [0, 0.05) is 29.8 Å². The number of hydrogen-bond acceptors (Lipinski definition) is 4. The zero-order valence-electron chi connectivity index (χ0n) is 9.75. The zero-order chi connectivity index (χ0) is 12.3. The number of aromatic amines is 1. The quantitative estimate of drug-likeness (QED) is 0.827. The lowest BCUT2D eigenvalue weighted by Crippen LogP contribution is -2.39. The molecular formula is C11H16N2O2S2. The number of amides is 1. The summed E-state index contributed by atoms with van der Waals surface area (Å²) in [5, 5.41) is 3.04. The minimum Gasteiger partial charge on any atom is -0.381 e. The van der Waals surface area contributed by atoms with E-state index in [0.29, 0.717) is 6.42 Å². The van der Waals surface area contributed by atoms with E-state index < -0.39 is 0 Å². The van der Waals surface area contributed by atoms with E-state index in [1.165, 1.54) is 11.3 Å². The predicted octanol–water partition coefficient (Wildman–Crippen LogP) is 1.95. The molecule has 0 bridgehead atoms. The Labute approximate surface area is 109 Å². The van der Waals surface area contributed by atoms with Crippen LogP contribution in [0.5, 0.6) is 0 Å². The molecule has 0 aromatic carbocycles. The molecule has 1 aromatic rings. The van der Waals surface area contributed by atoms with Crippen LogP contribution in [0.25, 0.3) is 0 Å². The second-order valence-corrected chi connectivity index (χ2v) is 5.97. The topological polar surface area (TPSA) is 54.1 Å². The van der Waals surface area contributed by atoms with Gasteiger partial charge in [-0.3, -0.25) is 4.79 Å². The van der Waals surface area contributed by atoms with Crippen LogP contribution >= 0.6 is 23.6 Å². The number of thiazole rings is 1. The van der Waals surface area contributed by atoms with E-state index in [2.05, 4.69) is 10.3 Å². The van der Waals surface area contributed by atoms with Gasteiger partial charge in [0.05, 0.1) is 6.42 Å². The number of aryl methyl sites for hydroxylation is 1. The number of hydrogen-bond donors (Lipinski definition) is 2. The Morgan fingerprint density at radius 2 is 2.29 bits per heavy atom. The van der Waals surface area contributed by atoms with Crippen molar-refractivity contribution in [3.05, 3.63) is 14.5 Å². The molecule has 4 nitrogen and oxygen atoms in total. The first-order valence-electron chi connectivity index (χ1n) is 5.71. The Morgan fingerprint density at radius 1 is 1.59 bits per heavy atom. The van der Waals surface area contributed by atoms with Gasteiger partial charge in [0.15, 0.2) is 3.95 Å². The van der Waals surface area contributed by atoms with Crippen LogP contribution in [-0.2, 0) is 16.0 Å². The van der Waals surface area contributed by atoms with Crippen molar-refractivity contribution in [2.24, 2.45) is 0 Å². The smallest absolute Gasteiger partial charge is 0.225 e. The van der Waals surface area contributed by atoms with Crippen molar-refractivity contribution in [3.8, 4) is 0 Å². The molecule has 0 spiro atoms. The molecule has 1 aliphatic heterocycles. The van der Waals surface area contributed by atoms with Gasteiger partial charge in [-0.2, -0.15) is 0 Å². The molecule has 0 radical (unpaired) electrons. The molecule has 17 heavy (non-hydrogen) atoms.